The molecule has 4 aromatic heterocycles. The van der Waals surface area contributed by atoms with Crippen molar-refractivity contribution in [3.05, 3.63) is 59.5 Å². The Labute approximate surface area is 206 Å². The summed E-state index contributed by atoms with van der Waals surface area (Å²) in [5.41, 5.74) is 6.19. The van der Waals surface area contributed by atoms with Gasteiger partial charge in [-0.2, -0.15) is 10.2 Å². The van der Waals surface area contributed by atoms with Crippen LogP contribution in [0.15, 0.2) is 48.1 Å². The molecule has 0 spiro atoms. The molecule has 1 amide bonds. The minimum Gasteiger partial charge on any atom is -0.497 e. The van der Waals surface area contributed by atoms with Crippen LogP contribution >= 0.6 is 11.3 Å². The van der Waals surface area contributed by atoms with Gasteiger partial charge in [0.25, 0.3) is 0 Å². The van der Waals surface area contributed by atoms with Crippen molar-refractivity contribution in [3.8, 4) is 28.1 Å². The lowest BCUT2D eigenvalue weighted by Gasteiger charge is -2.06. The number of ether oxygens (including phenoxy) is 1. The molecule has 1 N–H and O–H groups in total. The quantitative estimate of drug-likeness (QED) is 0.357. The number of amides is 1. The third-order valence-electron chi connectivity index (χ3n) is 5.80. The van der Waals surface area contributed by atoms with Crippen molar-refractivity contribution in [2.75, 3.05) is 12.4 Å². The van der Waals surface area contributed by atoms with Crippen LogP contribution in [0.1, 0.15) is 18.3 Å². The maximum absolute atomic E-state index is 12.9. The van der Waals surface area contributed by atoms with E-state index in [9.17, 15) is 4.79 Å². The predicted molar refractivity (Wildman–Crippen MR) is 137 cm³/mol. The summed E-state index contributed by atoms with van der Waals surface area (Å²) in [5.74, 6) is 0.579. The number of carbonyl (C=O) groups excluding carboxylic acids is 1. The largest absolute Gasteiger partial charge is 0.497 e. The van der Waals surface area contributed by atoms with Gasteiger partial charge in [0.2, 0.25) is 5.91 Å². The van der Waals surface area contributed by atoms with Gasteiger partial charge in [-0.3, -0.25) is 9.48 Å². The first-order valence-corrected chi connectivity index (χ1v) is 12.1. The van der Waals surface area contributed by atoms with Crippen LogP contribution in [-0.4, -0.2) is 42.5 Å². The van der Waals surface area contributed by atoms with Crippen molar-refractivity contribution in [1.82, 2.24) is 29.5 Å². The summed E-state index contributed by atoms with van der Waals surface area (Å²) >= 11 is 1.38. The first-order chi connectivity index (χ1) is 17.0. The van der Waals surface area contributed by atoms with Crippen LogP contribution in [0.5, 0.6) is 5.75 Å². The van der Waals surface area contributed by atoms with Gasteiger partial charge >= 0.3 is 0 Å². The van der Waals surface area contributed by atoms with E-state index in [1.165, 1.54) is 11.3 Å². The summed E-state index contributed by atoms with van der Waals surface area (Å²) in [6, 6.07) is 9.81. The van der Waals surface area contributed by atoms with Gasteiger partial charge in [-0.1, -0.05) is 12.1 Å². The Morgan fingerprint density at radius 1 is 1.09 bits per heavy atom. The number of aromatic nitrogens is 6. The topological polar surface area (TPSA) is 99.8 Å². The highest BCUT2D eigenvalue weighted by Gasteiger charge is 2.17. The number of thiazole rings is 1. The molecular weight excluding hydrogens is 462 g/mol. The molecule has 0 aliphatic carbocycles. The van der Waals surface area contributed by atoms with E-state index in [4.69, 9.17) is 4.74 Å². The van der Waals surface area contributed by atoms with E-state index < -0.39 is 0 Å². The van der Waals surface area contributed by atoms with E-state index in [1.54, 1.807) is 18.0 Å². The average molecular weight is 488 g/mol. The van der Waals surface area contributed by atoms with Crippen LogP contribution in [0.25, 0.3) is 33.4 Å². The van der Waals surface area contributed by atoms with Crippen LogP contribution in [0, 0.1) is 13.8 Å². The van der Waals surface area contributed by atoms with Gasteiger partial charge in [0.1, 0.15) is 12.3 Å². The van der Waals surface area contributed by atoms with Crippen molar-refractivity contribution in [2.24, 2.45) is 0 Å². The van der Waals surface area contributed by atoms with Crippen LogP contribution in [0.3, 0.4) is 0 Å². The third kappa shape index (κ3) is 4.40. The normalized spacial score (nSPS) is 11.2. The number of fused-ring (bicyclic) bond motifs is 1. The summed E-state index contributed by atoms with van der Waals surface area (Å²) in [6.45, 7) is 6.75. The number of anilines is 1. The molecule has 35 heavy (non-hydrogen) atoms. The molecule has 178 valence electrons. The smallest absolute Gasteiger partial charge is 0.247 e. The molecule has 4 heterocycles. The van der Waals surface area contributed by atoms with Gasteiger partial charge in [0.05, 0.1) is 24.2 Å². The number of hydrogen-bond donors (Lipinski definition) is 1. The van der Waals surface area contributed by atoms with E-state index in [0.717, 1.165) is 51.5 Å². The molecule has 0 saturated carbocycles. The maximum Gasteiger partial charge on any atom is 0.247 e. The lowest BCUT2D eigenvalue weighted by molar-refractivity contribution is -0.116. The Hall–Kier alpha value is -4.05. The van der Waals surface area contributed by atoms with Crippen LogP contribution in [0.2, 0.25) is 0 Å². The molecule has 0 bridgehead atoms. The van der Waals surface area contributed by atoms with Crippen molar-refractivity contribution in [1.29, 1.82) is 0 Å². The second-order valence-electron chi connectivity index (χ2n) is 8.10. The molecule has 0 aliphatic rings. The molecule has 0 atom stereocenters. The zero-order chi connectivity index (χ0) is 24.5. The minimum atomic E-state index is -0.215. The summed E-state index contributed by atoms with van der Waals surface area (Å²) < 4.78 is 8.78. The molecule has 0 radical (unpaired) electrons. The molecule has 1 aromatic carbocycles. The zero-order valence-electron chi connectivity index (χ0n) is 19.9. The molecule has 0 saturated heterocycles. The molecule has 0 unspecified atom stereocenters. The molecule has 9 nitrogen and oxygen atoms in total. The average Bonchev–Trinajstić information content (AvgIpc) is 3.56. The SMILES string of the molecule is CCn1cc(-c2csc(NC(=O)Cn3nc(C)c4c(-c5ccc(OC)cc5)ccnc43)n2)c(C)n1. The lowest BCUT2D eigenvalue weighted by atomic mass is 10.0. The highest BCUT2D eigenvalue weighted by Crippen LogP contribution is 2.31. The molecule has 5 rings (SSSR count). The molecule has 10 heteroatoms. The van der Waals surface area contributed by atoms with Crippen molar-refractivity contribution >= 4 is 33.4 Å². The van der Waals surface area contributed by atoms with Gasteiger partial charge in [0.15, 0.2) is 10.8 Å². The maximum atomic E-state index is 12.9. The van der Waals surface area contributed by atoms with E-state index in [-0.39, 0.29) is 12.5 Å². The highest BCUT2D eigenvalue weighted by molar-refractivity contribution is 7.14. The van der Waals surface area contributed by atoms with Crippen LogP contribution in [0.4, 0.5) is 5.13 Å². The van der Waals surface area contributed by atoms with Crippen LogP contribution in [-0.2, 0) is 17.9 Å². The number of methoxy groups -OCH3 is 1. The number of rotatable bonds is 7. The summed E-state index contributed by atoms with van der Waals surface area (Å²) in [5, 5.41) is 15.4. The number of hydrogen-bond acceptors (Lipinski definition) is 7. The monoisotopic (exact) mass is 487 g/mol. The Morgan fingerprint density at radius 3 is 2.60 bits per heavy atom. The van der Waals surface area contributed by atoms with Gasteiger partial charge in [-0.05, 0) is 50.1 Å². The summed E-state index contributed by atoms with van der Waals surface area (Å²) in [7, 11) is 1.65. The number of aryl methyl sites for hydroxylation is 3. The summed E-state index contributed by atoms with van der Waals surface area (Å²) in [4.78, 5) is 22.0. The zero-order valence-corrected chi connectivity index (χ0v) is 20.8. The molecule has 5 aromatic rings. The fourth-order valence-corrected chi connectivity index (χ4v) is 4.81. The van der Waals surface area contributed by atoms with Gasteiger partial charge in [0, 0.05) is 35.3 Å². The Bertz CT molecular complexity index is 1510. The van der Waals surface area contributed by atoms with Gasteiger partial charge in [-0.15, -0.1) is 11.3 Å². The lowest BCUT2D eigenvalue weighted by Crippen LogP contribution is -2.19. The first-order valence-electron chi connectivity index (χ1n) is 11.2. The Morgan fingerprint density at radius 2 is 1.89 bits per heavy atom. The fraction of sp³-hybridized carbons (Fsp3) is 0.240. The number of nitrogens with zero attached hydrogens (tertiary/aromatic N) is 6. The number of benzene rings is 1. The minimum absolute atomic E-state index is 0.0329. The number of nitrogens with one attached hydrogen (secondary N) is 1. The van der Waals surface area contributed by atoms with Crippen molar-refractivity contribution in [3.63, 3.8) is 0 Å². The van der Waals surface area contributed by atoms with E-state index in [1.807, 2.05) is 67.4 Å². The highest BCUT2D eigenvalue weighted by atomic mass is 32.1. The molecule has 0 aliphatic heterocycles. The van der Waals surface area contributed by atoms with E-state index in [2.05, 4.69) is 25.5 Å². The van der Waals surface area contributed by atoms with E-state index in [0.29, 0.717) is 10.8 Å². The van der Waals surface area contributed by atoms with Crippen LogP contribution < -0.4 is 10.1 Å². The predicted octanol–water partition coefficient (Wildman–Crippen LogP) is 4.70. The fourth-order valence-electron chi connectivity index (χ4n) is 4.08. The van der Waals surface area contributed by atoms with Crippen molar-refractivity contribution < 1.29 is 9.53 Å². The molecular formula is C25H25N7O2S. The summed E-state index contributed by atoms with van der Waals surface area (Å²) in [6.07, 6.45) is 3.71. The van der Waals surface area contributed by atoms with Crippen molar-refractivity contribution in [2.45, 2.75) is 33.9 Å². The number of pyridine rings is 1. The number of carbonyl (C=O) groups is 1. The van der Waals surface area contributed by atoms with Gasteiger partial charge < -0.3 is 10.1 Å². The first kappa shape index (κ1) is 22.7. The standard InChI is InChI=1S/C25H25N7O2S/c1-5-31-12-20(15(2)29-31)21-14-35-25(27-21)28-22(33)13-32-24-23(16(3)30-32)19(10-11-26-24)17-6-8-18(34-4)9-7-17/h6-12,14H,5,13H2,1-4H3,(H,27,28,33). The molecule has 0 fully saturated rings. The van der Waals surface area contributed by atoms with E-state index >= 15 is 0 Å². The second kappa shape index (κ2) is 9.30. The Kier molecular flexibility index (Phi) is 6.04. The third-order valence-corrected chi connectivity index (χ3v) is 6.56. The second-order valence-corrected chi connectivity index (χ2v) is 8.96. The van der Waals surface area contributed by atoms with Gasteiger partial charge in [-0.25, -0.2) is 14.6 Å². The Balaban J connectivity index is 1.37.